The van der Waals surface area contributed by atoms with Gasteiger partial charge < -0.3 is 10.6 Å². The molecule has 2 aliphatic carbocycles. The average Bonchev–Trinajstić information content (AvgIpc) is 3.14. The summed E-state index contributed by atoms with van der Waals surface area (Å²) in [7, 11) is 0. The first-order chi connectivity index (χ1) is 14.5. The molecule has 0 aromatic heterocycles. The van der Waals surface area contributed by atoms with E-state index in [1.807, 2.05) is 36.4 Å². The normalized spacial score (nSPS) is 19.9. The van der Waals surface area contributed by atoms with E-state index in [4.69, 9.17) is 23.2 Å². The minimum Gasteiger partial charge on any atom is -0.378 e. The fraction of sp³-hybridized carbons (Fsp3) is 0.320. The van der Waals surface area contributed by atoms with Crippen LogP contribution in [-0.2, 0) is 11.2 Å². The minimum absolute atomic E-state index is 0.0397. The third kappa shape index (κ3) is 4.91. The first-order valence-corrected chi connectivity index (χ1v) is 11.3. The molecule has 2 atom stereocenters. The first kappa shape index (κ1) is 21.0. The summed E-state index contributed by atoms with van der Waals surface area (Å²) in [5.74, 6) is 0.0397. The van der Waals surface area contributed by atoms with Gasteiger partial charge in [-0.3, -0.25) is 4.79 Å². The molecule has 0 bridgehead atoms. The average molecular weight is 441 g/mol. The molecule has 2 aliphatic rings. The lowest BCUT2D eigenvalue weighted by Crippen LogP contribution is -2.14. The lowest BCUT2D eigenvalue weighted by atomic mass is 10.0. The molecule has 2 unspecified atom stereocenters. The van der Waals surface area contributed by atoms with E-state index in [1.165, 1.54) is 16.7 Å². The summed E-state index contributed by atoms with van der Waals surface area (Å²) >= 11 is 12.1. The molecule has 2 aromatic carbocycles. The van der Waals surface area contributed by atoms with Gasteiger partial charge >= 0.3 is 0 Å². The molecular weight excluding hydrogens is 415 g/mol. The van der Waals surface area contributed by atoms with Crippen molar-refractivity contribution in [2.45, 2.75) is 50.4 Å². The van der Waals surface area contributed by atoms with Crippen molar-refractivity contribution in [3.8, 4) is 0 Å². The third-order valence-electron chi connectivity index (χ3n) is 5.88. The Morgan fingerprint density at radius 1 is 1.17 bits per heavy atom. The van der Waals surface area contributed by atoms with Crippen LogP contribution in [0.15, 0.2) is 60.2 Å². The number of halogens is 2. The van der Waals surface area contributed by atoms with Crippen LogP contribution in [0.3, 0.4) is 0 Å². The molecule has 0 spiro atoms. The standard InChI is InChI=1S/C25H26Cl2N2O/c1-16-21-10-13-24(28-20-8-6-18(26)7-9-20)22(21)11-12-23(16)29-25(30)14-5-17-3-2-4-19(27)15-17/h2-3,6-9,11-12,15,19,24,28H,4-5,10,13-14H2,1H3,(H,29,30). The monoisotopic (exact) mass is 440 g/mol. The number of nitrogens with one attached hydrogen (secondary N) is 2. The van der Waals surface area contributed by atoms with Crippen LogP contribution < -0.4 is 10.6 Å². The molecule has 1 amide bonds. The maximum atomic E-state index is 12.5. The van der Waals surface area contributed by atoms with Crippen molar-refractivity contribution < 1.29 is 4.79 Å². The molecule has 2 N–H and O–H groups in total. The number of anilines is 2. The molecule has 30 heavy (non-hydrogen) atoms. The van der Waals surface area contributed by atoms with E-state index >= 15 is 0 Å². The zero-order valence-corrected chi connectivity index (χ0v) is 18.6. The van der Waals surface area contributed by atoms with Gasteiger partial charge in [-0.25, -0.2) is 0 Å². The molecule has 0 aliphatic heterocycles. The zero-order valence-electron chi connectivity index (χ0n) is 17.1. The molecule has 0 saturated carbocycles. The van der Waals surface area contributed by atoms with Gasteiger partial charge in [0.25, 0.3) is 0 Å². The van der Waals surface area contributed by atoms with E-state index in [0.29, 0.717) is 12.8 Å². The Morgan fingerprint density at radius 3 is 2.73 bits per heavy atom. The third-order valence-corrected chi connectivity index (χ3v) is 6.44. The van der Waals surface area contributed by atoms with E-state index in [-0.39, 0.29) is 17.3 Å². The summed E-state index contributed by atoms with van der Waals surface area (Å²) in [4.78, 5) is 12.5. The highest BCUT2D eigenvalue weighted by Crippen LogP contribution is 2.38. The molecule has 4 rings (SSSR count). The number of benzene rings is 2. The SMILES string of the molecule is Cc1c(NC(=O)CCC2=CC(Cl)CC=C2)ccc2c1CCC2Nc1ccc(Cl)cc1. The Balaban J connectivity index is 1.39. The highest BCUT2D eigenvalue weighted by Gasteiger charge is 2.25. The largest absolute Gasteiger partial charge is 0.378 e. The number of rotatable bonds is 6. The van der Waals surface area contributed by atoms with E-state index in [2.05, 4.69) is 35.8 Å². The topological polar surface area (TPSA) is 41.1 Å². The van der Waals surface area contributed by atoms with Crippen molar-refractivity contribution in [1.82, 2.24) is 0 Å². The number of carbonyl (C=O) groups excluding carboxylic acids is 1. The summed E-state index contributed by atoms with van der Waals surface area (Å²) in [6, 6.07) is 12.3. The van der Waals surface area contributed by atoms with Crippen molar-refractivity contribution in [2.75, 3.05) is 10.6 Å². The second kappa shape index (κ2) is 9.28. The number of amides is 1. The van der Waals surface area contributed by atoms with Crippen LogP contribution in [0.25, 0.3) is 0 Å². The van der Waals surface area contributed by atoms with E-state index in [1.54, 1.807) is 0 Å². The number of carbonyl (C=O) groups is 1. The summed E-state index contributed by atoms with van der Waals surface area (Å²) in [5.41, 5.74) is 6.93. The van der Waals surface area contributed by atoms with Crippen molar-refractivity contribution in [1.29, 1.82) is 0 Å². The second-order valence-electron chi connectivity index (χ2n) is 7.99. The van der Waals surface area contributed by atoms with Gasteiger partial charge in [-0.2, -0.15) is 0 Å². The highest BCUT2D eigenvalue weighted by molar-refractivity contribution is 6.30. The summed E-state index contributed by atoms with van der Waals surface area (Å²) in [6.45, 7) is 2.10. The number of alkyl halides is 1. The summed E-state index contributed by atoms with van der Waals surface area (Å²) in [5, 5.41) is 7.49. The molecule has 5 heteroatoms. The maximum absolute atomic E-state index is 12.5. The smallest absolute Gasteiger partial charge is 0.224 e. The Bertz CT molecular complexity index is 995. The van der Waals surface area contributed by atoms with Gasteiger partial charge in [0.1, 0.15) is 0 Å². The van der Waals surface area contributed by atoms with Crippen molar-refractivity contribution in [3.63, 3.8) is 0 Å². The Labute approximate surface area is 188 Å². The lowest BCUT2D eigenvalue weighted by molar-refractivity contribution is -0.116. The maximum Gasteiger partial charge on any atom is 0.224 e. The lowest BCUT2D eigenvalue weighted by Gasteiger charge is -2.18. The van der Waals surface area contributed by atoms with Gasteiger partial charge in [-0.15, -0.1) is 11.6 Å². The van der Waals surface area contributed by atoms with Crippen LogP contribution >= 0.6 is 23.2 Å². The van der Waals surface area contributed by atoms with Crippen LogP contribution in [0.5, 0.6) is 0 Å². The molecule has 0 heterocycles. The van der Waals surface area contributed by atoms with Crippen molar-refractivity contribution in [2.24, 2.45) is 0 Å². The number of allylic oxidation sites excluding steroid dienone is 4. The predicted molar refractivity (Wildman–Crippen MR) is 127 cm³/mol. The van der Waals surface area contributed by atoms with Gasteiger partial charge in [0.2, 0.25) is 5.91 Å². The predicted octanol–water partition coefficient (Wildman–Crippen LogP) is 6.96. The molecule has 156 valence electrons. The fourth-order valence-corrected chi connectivity index (χ4v) is 4.65. The quantitative estimate of drug-likeness (QED) is 0.476. The molecular formula is C25H26Cl2N2O. The molecule has 0 radical (unpaired) electrons. The number of hydrogen-bond acceptors (Lipinski definition) is 2. The fourth-order valence-electron chi connectivity index (χ4n) is 4.26. The van der Waals surface area contributed by atoms with Gasteiger partial charge in [-0.05, 0) is 79.6 Å². The second-order valence-corrected chi connectivity index (χ2v) is 8.99. The van der Waals surface area contributed by atoms with E-state index in [9.17, 15) is 4.79 Å². The van der Waals surface area contributed by atoms with Gasteiger partial charge in [0, 0.05) is 22.8 Å². The van der Waals surface area contributed by atoms with Gasteiger partial charge in [-0.1, -0.05) is 41.5 Å². The summed E-state index contributed by atoms with van der Waals surface area (Å²) < 4.78 is 0. The van der Waals surface area contributed by atoms with Crippen molar-refractivity contribution >= 4 is 40.5 Å². The number of fused-ring (bicyclic) bond motifs is 1. The van der Waals surface area contributed by atoms with Gasteiger partial charge in [0.15, 0.2) is 0 Å². The molecule has 0 fully saturated rings. The van der Waals surface area contributed by atoms with E-state index in [0.717, 1.165) is 41.2 Å². The first-order valence-electron chi connectivity index (χ1n) is 10.5. The number of hydrogen-bond donors (Lipinski definition) is 2. The highest BCUT2D eigenvalue weighted by atomic mass is 35.5. The molecule has 3 nitrogen and oxygen atoms in total. The van der Waals surface area contributed by atoms with Crippen LogP contribution in [0.2, 0.25) is 5.02 Å². The van der Waals surface area contributed by atoms with Gasteiger partial charge in [0.05, 0.1) is 11.4 Å². The Morgan fingerprint density at radius 2 is 1.97 bits per heavy atom. The minimum atomic E-state index is 0.0397. The Hall–Kier alpha value is -2.23. The van der Waals surface area contributed by atoms with E-state index < -0.39 is 0 Å². The van der Waals surface area contributed by atoms with Crippen LogP contribution in [0.4, 0.5) is 11.4 Å². The van der Waals surface area contributed by atoms with Crippen molar-refractivity contribution in [3.05, 3.63) is 81.9 Å². The Kier molecular flexibility index (Phi) is 6.50. The zero-order chi connectivity index (χ0) is 21.1. The van der Waals surface area contributed by atoms with Crippen LogP contribution in [-0.4, -0.2) is 11.3 Å². The van der Waals surface area contributed by atoms with Crippen LogP contribution in [0.1, 0.15) is 48.4 Å². The van der Waals surface area contributed by atoms with Crippen LogP contribution in [0, 0.1) is 6.92 Å². The molecule has 0 saturated heterocycles. The molecule has 2 aromatic rings. The summed E-state index contributed by atoms with van der Waals surface area (Å²) in [6.07, 6.45) is 10.3.